The molecule has 0 radical (unpaired) electrons. The highest BCUT2D eigenvalue weighted by Crippen LogP contribution is 2.19. The zero-order valence-electron chi connectivity index (χ0n) is 11.7. The third kappa shape index (κ3) is 4.49. The first-order chi connectivity index (χ1) is 10.2. The Labute approximate surface area is 123 Å². The van der Waals surface area contributed by atoms with E-state index in [1.165, 1.54) is 16.3 Å². The number of aryl methyl sites for hydroxylation is 1. The molecule has 0 atom stereocenters. The van der Waals surface area contributed by atoms with E-state index in [-0.39, 0.29) is 0 Å². The van der Waals surface area contributed by atoms with Crippen molar-refractivity contribution in [1.29, 1.82) is 0 Å². The Bertz CT molecular complexity index is 635. The number of primary amides is 1. The number of hydrogen-bond donors (Lipinski definition) is 2. The Hall–Kier alpha value is -2.56. The molecule has 0 heterocycles. The van der Waals surface area contributed by atoms with Gasteiger partial charge in [-0.05, 0) is 29.2 Å². The second-order valence-corrected chi connectivity index (χ2v) is 4.71. The normalized spacial score (nSPS) is 10.3. The van der Waals surface area contributed by atoms with E-state index >= 15 is 0 Å². The van der Waals surface area contributed by atoms with Gasteiger partial charge in [-0.15, -0.1) is 0 Å². The van der Waals surface area contributed by atoms with E-state index in [1.54, 1.807) is 0 Å². The maximum Gasteiger partial charge on any atom is 0.407 e. The first kappa shape index (κ1) is 14.8. The van der Waals surface area contributed by atoms with Crippen molar-refractivity contribution in [2.75, 3.05) is 13.2 Å². The molecule has 3 N–H and O–H groups in total. The summed E-state index contributed by atoms with van der Waals surface area (Å²) in [4.78, 5) is 21.7. The minimum atomic E-state index is -0.666. The van der Waals surface area contributed by atoms with E-state index < -0.39 is 18.6 Å². The lowest BCUT2D eigenvalue weighted by atomic mass is 10.0. The number of nitrogens with two attached hydrogens (primary N) is 1. The van der Waals surface area contributed by atoms with Gasteiger partial charge in [0.2, 0.25) is 0 Å². The quantitative estimate of drug-likeness (QED) is 0.797. The maximum absolute atomic E-state index is 11.2. The van der Waals surface area contributed by atoms with Crippen molar-refractivity contribution in [1.82, 2.24) is 5.32 Å². The zero-order chi connectivity index (χ0) is 15.1. The molecule has 0 aromatic heterocycles. The van der Waals surface area contributed by atoms with E-state index in [1.807, 2.05) is 18.2 Å². The maximum atomic E-state index is 11.2. The number of benzene rings is 2. The fourth-order valence-corrected chi connectivity index (χ4v) is 2.17. The van der Waals surface area contributed by atoms with Crippen molar-refractivity contribution in [3.8, 4) is 0 Å². The molecule has 0 spiro atoms. The van der Waals surface area contributed by atoms with Gasteiger partial charge in [0, 0.05) is 6.54 Å². The molecule has 2 rings (SSSR count). The fraction of sp³-hybridized carbons (Fsp3) is 0.250. The lowest BCUT2D eigenvalue weighted by Gasteiger charge is -2.08. The average Bonchev–Trinajstić information content (AvgIpc) is 2.49. The summed E-state index contributed by atoms with van der Waals surface area (Å²) in [5.74, 6) is -0.666. The fourth-order valence-electron chi connectivity index (χ4n) is 2.17. The second kappa shape index (κ2) is 7.28. The molecule has 5 heteroatoms. The van der Waals surface area contributed by atoms with Gasteiger partial charge in [-0.25, -0.2) is 4.79 Å². The molecule has 0 saturated carbocycles. The summed E-state index contributed by atoms with van der Waals surface area (Å²) in [6.07, 6.45) is 1.03. The van der Waals surface area contributed by atoms with Crippen LogP contribution in [0.4, 0.5) is 4.79 Å². The van der Waals surface area contributed by atoms with Crippen LogP contribution < -0.4 is 11.1 Å². The van der Waals surface area contributed by atoms with Crippen LogP contribution in [0.5, 0.6) is 0 Å². The van der Waals surface area contributed by atoms with Crippen molar-refractivity contribution in [3.05, 3.63) is 48.0 Å². The molecule has 0 fully saturated rings. The summed E-state index contributed by atoms with van der Waals surface area (Å²) in [5, 5.41) is 5.03. The largest absolute Gasteiger partial charge is 0.439 e. The molecule has 0 aliphatic heterocycles. The van der Waals surface area contributed by atoms with Crippen LogP contribution in [0.25, 0.3) is 10.8 Å². The minimum Gasteiger partial charge on any atom is -0.439 e. The molecule has 2 amide bonds. The SMILES string of the molecule is NC(=O)COC(=O)NCCCc1cccc2ccccc12. The van der Waals surface area contributed by atoms with Gasteiger partial charge >= 0.3 is 6.09 Å². The topological polar surface area (TPSA) is 81.4 Å². The molecule has 0 saturated heterocycles. The zero-order valence-corrected chi connectivity index (χ0v) is 11.7. The highest BCUT2D eigenvalue weighted by molar-refractivity contribution is 5.85. The minimum absolute atomic E-state index is 0.394. The molecular formula is C16H18N2O3. The van der Waals surface area contributed by atoms with E-state index in [9.17, 15) is 9.59 Å². The van der Waals surface area contributed by atoms with Crippen LogP contribution in [0.2, 0.25) is 0 Å². The number of nitrogens with one attached hydrogen (secondary N) is 1. The van der Waals surface area contributed by atoms with Crippen molar-refractivity contribution >= 4 is 22.8 Å². The number of fused-ring (bicyclic) bond motifs is 1. The van der Waals surface area contributed by atoms with Crippen molar-refractivity contribution in [2.24, 2.45) is 5.73 Å². The highest BCUT2D eigenvalue weighted by Gasteiger charge is 2.04. The standard InChI is InChI=1S/C16H18N2O3/c17-15(19)11-21-16(20)18-10-4-8-13-7-3-6-12-5-1-2-9-14(12)13/h1-3,5-7,9H,4,8,10-11H2,(H2,17,19)(H,18,20). The van der Waals surface area contributed by atoms with E-state index in [2.05, 4.69) is 34.3 Å². The molecule has 0 aliphatic carbocycles. The highest BCUT2D eigenvalue weighted by atomic mass is 16.6. The number of carbonyl (C=O) groups excluding carboxylic acids is 2. The smallest absolute Gasteiger partial charge is 0.407 e. The molecular weight excluding hydrogens is 268 g/mol. The predicted octanol–water partition coefficient (Wildman–Crippen LogP) is 1.98. The Balaban J connectivity index is 1.80. The summed E-state index contributed by atoms with van der Waals surface area (Å²) < 4.78 is 4.60. The average molecular weight is 286 g/mol. The number of ether oxygens (including phenoxy) is 1. The molecule has 0 aliphatic rings. The first-order valence-electron chi connectivity index (χ1n) is 6.82. The van der Waals surface area contributed by atoms with Crippen LogP contribution >= 0.6 is 0 Å². The number of carbonyl (C=O) groups is 2. The van der Waals surface area contributed by atoms with Crippen LogP contribution in [-0.2, 0) is 16.0 Å². The van der Waals surface area contributed by atoms with Crippen molar-refractivity contribution in [2.45, 2.75) is 12.8 Å². The van der Waals surface area contributed by atoms with Crippen LogP contribution in [0.15, 0.2) is 42.5 Å². The Morgan fingerprint density at radius 3 is 2.67 bits per heavy atom. The Kier molecular flexibility index (Phi) is 5.15. The van der Waals surface area contributed by atoms with Gasteiger partial charge in [0.25, 0.3) is 5.91 Å². The van der Waals surface area contributed by atoms with Crippen LogP contribution in [-0.4, -0.2) is 25.2 Å². The van der Waals surface area contributed by atoms with Crippen molar-refractivity contribution < 1.29 is 14.3 Å². The van der Waals surface area contributed by atoms with Gasteiger partial charge in [0.1, 0.15) is 0 Å². The molecule has 110 valence electrons. The Morgan fingerprint density at radius 2 is 1.86 bits per heavy atom. The lowest BCUT2D eigenvalue weighted by Crippen LogP contribution is -2.29. The van der Waals surface area contributed by atoms with E-state index in [0.717, 1.165) is 12.8 Å². The number of alkyl carbamates (subject to hydrolysis) is 1. The molecule has 21 heavy (non-hydrogen) atoms. The summed E-state index contributed by atoms with van der Waals surface area (Å²) in [6.45, 7) is 0.0932. The monoisotopic (exact) mass is 286 g/mol. The third-order valence-electron chi connectivity index (χ3n) is 3.12. The molecule has 0 unspecified atom stereocenters. The van der Waals surface area contributed by atoms with Crippen LogP contribution in [0, 0.1) is 0 Å². The van der Waals surface area contributed by atoms with Gasteiger partial charge in [-0.3, -0.25) is 4.79 Å². The number of hydrogen-bond acceptors (Lipinski definition) is 3. The van der Waals surface area contributed by atoms with Gasteiger partial charge in [-0.1, -0.05) is 42.5 Å². The van der Waals surface area contributed by atoms with Gasteiger partial charge < -0.3 is 15.8 Å². The number of amides is 2. The van der Waals surface area contributed by atoms with E-state index in [0.29, 0.717) is 6.54 Å². The molecule has 2 aromatic rings. The van der Waals surface area contributed by atoms with E-state index in [4.69, 9.17) is 5.73 Å². The van der Waals surface area contributed by atoms with Crippen molar-refractivity contribution in [3.63, 3.8) is 0 Å². The molecule has 2 aromatic carbocycles. The van der Waals surface area contributed by atoms with Crippen LogP contribution in [0.3, 0.4) is 0 Å². The van der Waals surface area contributed by atoms with Gasteiger partial charge in [0.05, 0.1) is 0 Å². The Morgan fingerprint density at radius 1 is 1.10 bits per heavy atom. The summed E-state index contributed by atoms with van der Waals surface area (Å²) in [6, 6.07) is 14.4. The van der Waals surface area contributed by atoms with Gasteiger partial charge in [-0.2, -0.15) is 0 Å². The first-order valence-corrected chi connectivity index (χ1v) is 6.82. The molecule has 5 nitrogen and oxygen atoms in total. The van der Waals surface area contributed by atoms with Crippen LogP contribution in [0.1, 0.15) is 12.0 Å². The summed E-state index contributed by atoms with van der Waals surface area (Å²) in [7, 11) is 0. The molecule has 0 bridgehead atoms. The number of rotatable bonds is 6. The third-order valence-corrected chi connectivity index (χ3v) is 3.12. The predicted molar refractivity (Wildman–Crippen MR) is 80.8 cm³/mol. The summed E-state index contributed by atoms with van der Waals surface area (Å²) in [5.41, 5.74) is 6.13. The lowest BCUT2D eigenvalue weighted by molar-refractivity contribution is -0.120. The summed E-state index contributed by atoms with van der Waals surface area (Å²) >= 11 is 0. The van der Waals surface area contributed by atoms with Gasteiger partial charge in [0.15, 0.2) is 6.61 Å². The second-order valence-electron chi connectivity index (χ2n) is 4.71.